The van der Waals surface area contributed by atoms with E-state index in [0.717, 1.165) is 24.7 Å². The van der Waals surface area contributed by atoms with Crippen LogP contribution in [0.15, 0.2) is 6.33 Å². The zero-order valence-corrected chi connectivity index (χ0v) is 14.5. The lowest BCUT2D eigenvalue weighted by Gasteiger charge is -2.27. The number of hydrogen-bond donors (Lipinski definition) is 1. The summed E-state index contributed by atoms with van der Waals surface area (Å²) in [7, 11) is 0. The van der Waals surface area contributed by atoms with Crippen LogP contribution in [0.1, 0.15) is 58.3 Å². The second-order valence-electron chi connectivity index (χ2n) is 6.36. The highest BCUT2D eigenvalue weighted by Crippen LogP contribution is 2.27. The van der Waals surface area contributed by atoms with E-state index < -0.39 is 0 Å². The molecule has 1 unspecified atom stereocenters. The minimum absolute atomic E-state index is 0.389. The van der Waals surface area contributed by atoms with Gasteiger partial charge in [0.1, 0.15) is 12.2 Å². The molecule has 0 aromatic carbocycles. The molecular weight excluding hydrogens is 280 g/mol. The molecule has 120 valence electrons. The lowest BCUT2D eigenvalue weighted by molar-refractivity contribution is 0.352. The third kappa shape index (κ3) is 5.29. The van der Waals surface area contributed by atoms with Gasteiger partial charge in [-0.15, -0.1) is 0 Å². The first-order valence-corrected chi connectivity index (χ1v) is 9.55. The average molecular weight is 311 g/mol. The van der Waals surface area contributed by atoms with E-state index in [4.69, 9.17) is 0 Å². The van der Waals surface area contributed by atoms with Crippen molar-refractivity contribution in [3.8, 4) is 0 Å². The van der Waals surface area contributed by atoms with Crippen LogP contribution in [0.4, 0.5) is 0 Å². The maximum atomic E-state index is 4.49. The number of rotatable bonds is 8. The molecule has 0 radical (unpaired) electrons. The Hall–Kier alpha value is -0.550. The Labute approximate surface area is 133 Å². The van der Waals surface area contributed by atoms with Crippen LogP contribution in [-0.2, 0) is 6.42 Å². The van der Waals surface area contributed by atoms with Crippen LogP contribution in [-0.4, -0.2) is 38.9 Å². The summed E-state index contributed by atoms with van der Waals surface area (Å²) in [6.07, 6.45) is 7.93. The Balaban J connectivity index is 1.95. The van der Waals surface area contributed by atoms with E-state index in [1.54, 1.807) is 6.33 Å². The molecule has 1 aliphatic rings. The molecular formula is C16H30N4S. The molecule has 4 nitrogen and oxygen atoms in total. The first-order valence-electron chi connectivity index (χ1n) is 8.40. The number of thioether (sulfide) groups is 1. The van der Waals surface area contributed by atoms with E-state index in [-0.39, 0.29) is 0 Å². The zero-order chi connectivity index (χ0) is 15.1. The standard InChI is InChI=1S/C16H30N4S/c1-4-7-17-15(10-14-5-8-21-9-6-14)11-16-18-12-19-20(16)13(2)3/h12-15,17H,4-11H2,1-3H3. The van der Waals surface area contributed by atoms with Crippen LogP contribution in [0.5, 0.6) is 0 Å². The molecule has 1 saturated heterocycles. The van der Waals surface area contributed by atoms with Gasteiger partial charge in [0.2, 0.25) is 0 Å². The van der Waals surface area contributed by atoms with E-state index in [1.165, 1.54) is 37.2 Å². The van der Waals surface area contributed by atoms with E-state index in [1.807, 2.05) is 0 Å². The van der Waals surface area contributed by atoms with E-state index >= 15 is 0 Å². The van der Waals surface area contributed by atoms with Gasteiger partial charge >= 0.3 is 0 Å². The topological polar surface area (TPSA) is 42.7 Å². The van der Waals surface area contributed by atoms with Crippen molar-refractivity contribution in [3.63, 3.8) is 0 Å². The van der Waals surface area contributed by atoms with Gasteiger partial charge in [-0.05, 0) is 63.5 Å². The van der Waals surface area contributed by atoms with Crippen molar-refractivity contribution in [3.05, 3.63) is 12.2 Å². The Morgan fingerprint density at radius 2 is 2.14 bits per heavy atom. The summed E-state index contributed by atoms with van der Waals surface area (Å²) < 4.78 is 2.07. The van der Waals surface area contributed by atoms with Crippen LogP contribution in [0.2, 0.25) is 0 Å². The molecule has 0 aliphatic carbocycles. The van der Waals surface area contributed by atoms with Gasteiger partial charge in [-0.1, -0.05) is 6.92 Å². The minimum Gasteiger partial charge on any atom is -0.314 e. The quantitative estimate of drug-likeness (QED) is 0.800. The number of nitrogens with one attached hydrogen (secondary N) is 1. The van der Waals surface area contributed by atoms with Crippen molar-refractivity contribution in [1.82, 2.24) is 20.1 Å². The molecule has 2 heterocycles. The van der Waals surface area contributed by atoms with Gasteiger partial charge in [-0.2, -0.15) is 16.9 Å². The second-order valence-corrected chi connectivity index (χ2v) is 7.59. The summed E-state index contributed by atoms with van der Waals surface area (Å²) >= 11 is 2.11. The van der Waals surface area contributed by atoms with Gasteiger partial charge in [-0.3, -0.25) is 0 Å². The molecule has 0 bridgehead atoms. The van der Waals surface area contributed by atoms with Gasteiger partial charge in [0.05, 0.1) is 0 Å². The van der Waals surface area contributed by atoms with Crippen LogP contribution >= 0.6 is 11.8 Å². The number of aromatic nitrogens is 3. The van der Waals surface area contributed by atoms with Crippen molar-refractivity contribution in [2.45, 2.75) is 65.0 Å². The van der Waals surface area contributed by atoms with Gasteiger partial charge in [0.25, 0.3) is 0 Å². The Kier molecular flexibility index (Phi) is 7.04. The van der Waals surface area contributed by atoms with Crippen molar-refractivity contribution >= 4 is 11.8 Å². The molecule has 1 N–H and O–H groups in total. The third-order valence-corrected chi connectivity index (χ3v) is 5.26. The second kappa shape index (κ2) is 8.79. The summed E-state index contributed by atoms with van der Waals surface area (Å²) in [6, 6.07) is 0.931. The Morgan fingerprint density at radius 3 is 2.81 bits per heavy atom. The molecule has 1 aliphatic heterocycles. The highest BCUT2D eigenvalue weighted by molar-refractivity contribution is 7.99. The van der Waals surface area contributed by atoms with Gasteiger partial charge < -0.3 is 5.32 Å². The van der Waals surface area contributed by atoms with Crippen molar-refractivity contribution < 1.29 is 0 Å². The highest BCUT2D eigenvalue weighted by atomic mass is 32.2. The monoisotopic (exact) mass is 310 g/mol. The van der Waals surface area contributed by atoms with E-state index in [0.29, 0.717) is 12.1 Å². The van der Waals surface area contributed by atoms with Crippen LogP contribution in [0.3, 0.4) is 0 Å². The van der Waals surface area contributed by atoms with E-state index in [2.05, 4.69) is 52.6 Å². The molecule has 5 heteroatoms. The van der Waals surface area contributed by atoms with Gasteiger partial charge in [0, 0.05) is 18.5 Å². The molecule has 0 amide bonds. The summed E-state index contributed by atoms with van der Waals surface area (Å²) in [4.78, 5) is 4.49. The first-order chi connectivity index (χ1) is 10.2. The Morgan fingerprint density at radius 1 is 1.38 bits per heavy atom. The molecule has 1 aromatic rings. The summed E-state index contributed by atoms with van der Waals surface area (Å²) in [6.45, 7) is 7.68. The Bertz CT molecular complexity index is 399. The summed E-state index contributed by atoms with van der Waals surface area (Å²) in [5, 5.41) is 8.10. The zero-order valence-electron chi connectivity index (χ0n) is 13.7. The van der Waals surface area contributed by atoms with Crippen LogP contribution < -0.4 is 5.32 Å². The maximum Gasteiger partial charge on any atom is 0.138 e. The molecule has 1 aromatic heterocycles. The van der Waals surface area contributed by atoms with Crippen molar-refractivity contribution in [1.29, 1.82) is 0 Å². The van der Waals surface area contributed by atoms with E-state index in [9.17, 15) is 0 Å². The smallest absolute Gasteiger partial charge is 0.138 e. The minimum atomic E-state index is 0.389. The number of hydrogen-bond acceptors (Lipinski definition) is 4. The maximum absolute atomic E-state index is 4.49. The van der Waals surface area contributed by atoms with Gasteiger partial charge in [0.15, 0.2) is 0 Å². The highest BCUT2D eigenvalue weighted by Gasteiger charge is 2.21. The van der Waals surface area contributed by atoms with Crippen LogP contribution in [0, 0.1) is 5.92 Å². The lowest BCUT2D eigenvalue weighted by Crippen LogP contribution is -2.35. The molecule has 21 heavy (non-hydrogen) atoms. The molecule has 1 atom stereocenters. The fourth-order valence-corrected chi connectivity index (χ4v) is 4.25. The molecule has 1 fully saturated rings. The SMILES string of the molecule is CCCNC(Cc1ncnn1C(C)C)CC1CCSCC1. The third-order valence-electron chi connectivity index (χ3n) is 4.21. The molecule has 0 saturated carbocycles. The van der Waals surface area contributed by atoms with Crippen molar-refractivity contribution in [2.24, 2.45) is 5.92 Å². The summed E-state index contributed by atoms with van der Waals surface area (Å²) in [5.74, 6) is 4.69. The van der Waals surface area contributed by atoms with Crippen molar-refractivity contribution in [2.75, 3.05) is 18.1 Å². The largest absolute Gasteiger partial charge is 0.314 e. The number of nitrogens with zero attached hydrogens (tertiary/aromatic N) is 3. The average Bonchev–Trinajstić information content (AvgIpc) is 2.94. The predicted molar refractivity (Wildman–Crippen MR) is 90.9 cm³/mol. The van der Waals surface area contributed by atoms with Crippen LogP contribution in [0.25, 0.3) is 0 Å². The molecule has 2 rings (SSSR count). The summed E-state index contributed by atoms with van der Waals surface area (Å²) in [5.41, 5.74) is 0. The predicted octanol–water partition coefficient (Wildman–Crippen LogP) is 3.30. The first kappa shape index (κ1) is 16.8. The molecule has 0 spiro atoms. The van der Waals surface area contributed by atoms with Gasteiger partial charge in [-0.25, -0.2) is 9.67 Å². The fourth-order valence-electron chi connectivity index (χ4n) is 3.04. The fraction of sp³-hybridized carbons (Fsp3) is 0.875. The normalized spacial score (nSPS) is 18.3. The lowest BCUT2D eigenvalue weighted by atomic mass is 9.92.